The third-order valence-electron chi connectivity index (χ3n) is 5.56. The van der Waals surface area contributed by atoms with E-state index in [-0.39, 0.29) is 24.9 Å². The largest absolute Gasteiger partial charge is 0.481 e. The summed E-state index contributed by atoms with van der Waals surface area (Å²) in [7, 11) is 0. The summed E-state index contributed by atoms with van der Waals surface area (Å²) in [4.78, 5) is 37.2. The Kier molecular flexibility index (Phi) is 7.28. The molecule has 0 saturated heterocycles. The van der Waals surface area contributed by atoms with E-state index in [0.717, 1.165) is 22.3 Å². The number of fused-ring (bicyclic) bond motifs is 3. The van der Waals surface area contributed by atoms with Gasteiger partial charge in [-0.15, -0.1) is 0 Å². The maximum Gasteiger partial charge on any atom is 0.407 e. The van der Waals surface area contributed by atoms with Crippen LogP contribution < -0.4 is 5.32 Å². The highest BCUT2D eigenvalue weighted by Crippen LogP contribution is 2.44. The topological polar surface area (TPSA) is 95.9 Å². The highest BCUT2D eigenvalue weighted by molar-refractivity contribution is 5.85. The summed E-state index contributed by atoms with van der Waals surface area (Å²) >= 11 is 0. The van der Waals surface area contributed by atoms with Crippen LogP contribution in [0.2, 0.25) is 0 Å². The van der Waals surface area contributed by atoms with Gasteiger partial charge in [0.05, 0.1) is 0 Å². The summed E-state index contributed by atoms with van der Waals surface area (Å²) in [5.41, 5.74) is 4.54. The summed E-state index contributed by atoms with van der Waals surface area (Å²) in [6.07, 6.45) is -0.283. The first-order valence-corrected chi connectivity index (χ1v) is 10.5. The van der Waals surface area contributed by atoms with Gasteiger partial charge >= 0.3 is 12.1 Å². The van der Waals surface area contributed by atoms with E-state index in [0.29, 0.717) is 19.5 Å². The van der Waals surface area contributed by atoms with Crippen LogP contribution in [-0.2, 0) is 14.3 Å². The normalized spacial score (nSPS) is 13.1. The lowest BCUT2D eigenvalue weighted by molar-refractivity contribution is -0.138. The first kappa shape index (κ1) is 22.3. The molecule has 3 rings (SSSR count). The SMILES string of the molecule is CCN(CCCC(=O)O)C(=O)[C@@H](C)NC(=O)OCC1c2ccccc2-c2ccccc21. The molecule has 0 radical (unpaired) electrons. The first-order valence-electron chi connectivity index (χ1n) is 10.5. The minimum atomic E-state index is -0.895. The molecule has 1 aliphatic carbocycles. The summed E-state index contributed by atoms with van der Waals surface area (Å²) < 4.78 is 5.49. The van der Waals surface area contributed by atoms with E-state index >= 15 is 0 Å². The van der Waals surface area contributed by atoms with Crippen LogP contribution in [0, 0.1) is 0 Å². The van der Waals surface area contributed by atoms with Crippen LogP contribution in [0.15, 0.2) is 48.5 Å². The number of ether oxygens (including phenoxy) is 1. The van der Waals surface area contributed by atoms with E-state index in [4.69, 9.17) is 9.84 Å². The maximum absolute atomic E-state index is 12.6. The van der Waals surface area contributed by atoms with Crippen LogP contribution in [0.3, 0.4) is 0 Å². The number of nitrogens with one attached hydrogen (secondary N) is 1. The van der Waals surface area contributed by atoms with Crippen LogP contribution in [0.1, 0.15) is 43.7 Å². The quantitative estimate of drug-likeness (QED) is 0.641. The molecule has 0 bridgehead atoms. The third-order valence-corrected chi connectivity index (χ3v) is 5.56. The van der Waals surface area contributed by atoms with Gasteiger partial charge in [0.2, 0.25) is 5.91 Å². The van der Waals surface area contributed by atoms with E-state index in [1.54, 1.807) is 6.92 Å². The Morgan fingerprint density at radius 2 is 1.65 bits per heavy atom. The number of carboxylic acid groups (broad SMARTS) is 1. The third kappa shape index (κ3) is 5.23. The summed E-state index contributed by atoms with van der Waals surface area (Å²) in [6.45, 7) is 4.37. The predicted molar refractivity (Wildman–Crippen MR) is 117 cm³/mol. The number of nitrogens with zero attached hydrogens (tertiary/aromatic N) is 1. The number of hydrogen-bond donors (Lipinski definition) is 2. The zero-order chi connectivity index (χ0) is 22.4. The van der Waals surface area contributed by atoms with Gasteiger partial charge in [-0.1, -0.05) is 48.5 Å². The Morgan fingerprint density at radius 1 is 1.06 bits per heavy atom. The van der Waals surface area contributed by atoms with Gasteiger partial charge in [-0.25, -0.2) is 4.79 Å². The van der Waals surface area contributed by atoms with Crippen LogP contribution in [0.25, 0.3) is 11.1 Å². The van der Waals surface area contributed by atoms with E-state index in [1.165, 1.54) is 4.90 Å². The molecule has 2 amide bonds. The van der Waals surface area contributed by atoms with E-state index in [2.05, 4.69) is 17.4 Å². The van der Waals surface area contributed by atoms with Crippen LogP contribution in [0.4, 0.5) is 4.79 Å². The molecule has 0 aliphatic heterocycles. The summed E-state index contributed by atoms with van der Waals surface area (Å²) in [6, 6.07) is 15.4. The van der Waals surface area contributed by atoms with Crippen molar-refractivity contribution in [2.45, 2.75) is 38.6 Å². The zero-order valence-electron chi connectivity index (χ0n) is 17.8. The Balaban J connectivity index is 1.56. The van der Waals surface area contributed by atoms with Gasteiger partial charge < -0.3 is 20.1 Å². The molecule has 0 saturated carbocycles. The Hall–Kier alpha value is -3.35. The fourth-order valence-corrected chi connectivity index (χ4v) is 4.00. The first-order chi connectivity index (χ1) is 14.9. The summed E-state index contributed by atoms with van der Waals surface area (Å²) in [5.74, 6) is -1.21. The van der Waals surface area contributed by atoms with Crippen molar-refractivity contribution in [2.75, 3.05) is 19.7 Å². The number of carbonyl (C=O) groups is 3. The molecule has 0 fully saturated rings. The van der Waals surface area contributed by atoms with Gasteiger partial charge in [-0.05, 0) is 42.5 Å². The Bertz CT molecular complexity index is 913. The second-order valence-corrected chi connectivity index (χ2v) is 7.61. The van der Waals surface area contributed by atoms with Gasteiger partial charge in [0.15, 0.2) is 0 Å². The monoisotopic (exact) mass is 424 g/mol. The number of hydrogen-bond acceptors (Lipinski definition) is 4. The zero-order valence-corrected chi connectivity index (χ0v) is 17.8. The maximum atomic E-state index is 12.6. The van der Waals surface area contributed by atoms with Crippen molar-refractivity contribution < 1.29 is 24.2 Å². The molecule has 0 spiro atoms. The number of rotatable bonds is 9. The van der Waals surface area contributed by atoms with E-state index in [9.17, 15) is 14.4 Å². The van der Waals surface area contributed by atoms with Gasteiger partial charge in [0.1, 0.15) is 12.6 Å². The predicted octanol–water partition coefficient (Wildman–Crippen LogP) is 3.63. The van der Waals surface area contributed by atoms with E-state index < -0.39 is 18.1 Å². The fourth-order valence-electron chi connectivity index (χ4n) is 4.00. The molecule has 0 unspecified atom stereocenters. The smallest absolute Gasteiger partial charge is 0.407 e. The van der Waals surface area contributed by atoms with Gasteiger partial charge in [0.25, 0.3) is 0 Å². The van der Waals surface area contributed by atoms with Crippen LogP contribution in [0.5, 0.6) is 0 Å². The minimum Gasteiger partial charge on any atom is -0.481 e. The van der Waals surface area contributed by atoms with E-state index in [1.807, 2.05) is 43.3 Å². The Labute approximate surface area is 182 Å². The number of benzene rings is 2. The summed E-state index contributed by atoms with van der Waals surface area (Å²) in [5, 5.41) is 11.4. The lowest BCUT2D eigenvalue weighted by atomic mass is 9.98. The molecule has 7 nitrogen and oxygen atoms in total. The van der Waals surface area contributed by atoms with Gasteiger partial charge in [-0.2, -0.15) is 0 Å². The standard InChI is InChI=1S/C24H28N2O5/c1-3-26(14-8-13-22(27)28)23(29)16(2)25-24(30)31-15-21-19-11-6-4-9-17(19)18-10-5-7-12-20(18)21/h4-7,9-12,16,21H,3,8,13-15H2,1-2H3,(H,25,30)(H,27,28)/t16-/m1/s1. The molecule has 31 heavy (non-hydrogen) atoms. The second-order valence-electron chi connectivity index (χ2n) is 7.61. The molecule has 0 aromatic heterocycles. The number of carbonyl (C=O) groups excluding carboxylic acids is 2. The number of carboxylic acids is 1. The number of aliphatic carboxylic acids is 1. The highest BCUT2D eigenvalue weighted by atomic mass is 16.5. The molecule has 2 aromatic rings. The number of alkyl carbamates (subject to hydrolysis) is 1. The van der Waals surface area contributed by atoms with Crippen molar-refractivity contribution in [3.63, 3.8) is 0 Å². The van der Waals surface area contributed by atoms with Crippen molar-refractivity contribution in [1.29, 1.82) is 0 Å². The van der Waals surface area contributed by atoms with Crippen molar-refractivity contribution in [3.05, 3.63) is 59.7 Å². The molecule has 2 N–H and O–H groups in total. The molecular weight excluding hydrogens is 396 g/mol. The van der Waals surface area contributed by atoms with Gasteiger partial charge in [0, 0.05) is 25.4 Å². The molecule has 2 aromatic carbocycles. The van der Waals surface area contributed by atoms with Crippen LogP contribution in [-0.4, -0.2) is 53.7 Å². The lowest BCUT2D eigenvalue weighted by Crippen LogP contribution is -2.47. The molecule has 0 heterocycles. The number of amides is 2. The average Bonchev–Trinajstić information content (AvgIpc) is 3.08. The second kappa shape index (κ2) is 10.1. The van der Waals surface area contributed by atoms with Crippen molar-refractivity contribution >= 4 is 18.0 Å². The molecule has 164 valence electrons. The highest BCUT2D eigenvalue weighted by Gasteiger charge is 2.29. The number of likely N-dealkylation sites (N-methyl/N-ethyl adjacent to an activating group) is 1. The van der Waals surface area contributed by atoms with Crippen molar-refractivity contribution in [1.82, 2.24) is 10.2 Å². The molecule has 1 aliphatic rings. The molecule has 7 heteroatoms. The fraction of sp³-hybridized carbons (Fsp3) is 0.375. The van der Waals surface area contributed by atoms with Crippen molar-refractivity contribution in [2.24, 2.45) is 0 Å². The molecular formula is C24H28N2O5. The van der Waals surface area contributed by atoms with Crippen LogP contribution >= 0.6 is 0 Å². The average molecular weight is 424 g/mol. The molecule has 1 atom stereocenters. The lowest BCUT2D eigenvalue weighted by Gasteiger charge is -2.24. The Morgan fingerprint density at radius 3 is 2.19 bits per heavy atom. The van der Waals surface area contributed by atoms with Crippen molar-refractivity contribution in [3.8, 4) is 11.1 Å². The van der Waals surface area contributed by atoms with Gasteiger partial charge in [-0.3, -0.25) is 9.59 Å². The minimum absolute atomic E-state index is 0.00202.